The third-order valence-electron chi connectivity index (χ3n) is 5.88. The summed E-state index contributed by atoms with van der Waals surface area (Å²) < 4.78 is 7.22. The summed E-state index contributed by atoms with van der Waals surface area (Å²) >= 11 is 0. The van der Waals surface area contributed by atoms with Crippen LogP contribution in [0.3, 0.4) is 0 Å². The summed E-state index contributed by atoms with van der Waals surface area (Å²) in [5.41, 5.74) is 1.85. The largest absolute Gasteiger partial charge is 0.373 e. The van der Waals surface area contributed by atoms with Gasteiger partial charge >= 0.3 is 5.69 Å². The molecule has 174 valence electrons. The van der Waals surface area contributed by atoms with Crippen molar-refractivity contribution in [3.05, 3.63) is 80.5 Å². The van der Waals surface area contributed by atoms with Crippen LogP contribution in [0.25, 0.3) is 10.9 Å². The van der Waals surface area contributed by atoms with Crippen LogP contribution in [0, 0.1) is 0 Å². The van der Waals surface area contributed by atoms with Gasteiger partial charge in [0.05, 0.1) is 23.1 Å². The van der Waals surface area contributed by atoms with Gasteiger partial charge in [0, 0.05) is 39.1 Å². The summed E-state index contributed by atoms with van der Waals surface area (Å²) in [6.07, 6.45) is 0.628. The molecule has 2 unspecified atom stereocenters. The number of amides is 1. The van der Waals surface area contributed by atoms with Crippen molar-refractivity contribution >= 4 is 16.8 Å². The number of H-pyrrole nitrogens is 1. The van der Waals surface area contributed by atoms with Crippen molar-refractivity contribution in [2.45, 2.75) is 52.1 Å². The quantitative estimate of drug-likeness (QED) is 0.574. The lowest BCUT2D eigenvalue weighted by Crippen LogP contribution is -2.44. The second-order valence-corrected chi connectivity index (χ2v) is 8.72. The summed E-state index contributed by atoms with van der Waals surface area (Å²) in [4.78, 5) is 41.3. The van der Waals surface area contributed by atoms with E-state index < -0.39 is 11.2 Å². The number of hydrogen-bond donors (Lipinski definition) is 2. The van der Waals surface area contributed by atoms with Gasteiger partial charge in [-0.2, -0.15) is 0 Å². The Bertz CT molecular complexity index is 1220. The number of nitrogens with one attached hydrogen (secondary N) is 2. The van der Waals surface area contributed by atoms with Crippen LogP contribution in [-0.2, 0) is 29.2 Å². The zero-order chi connectivity index (χ0) is 23.4. The van der Waals surface area contributed by atoms with Crippen LogP contribution in [0.1, 0.15) is 31.4 Å². The van der Waals surface area contributed by atoms with Gasteiger partial charge in [-0.1, -0.05) is 36.4 Å². The molecule has 1 amide bonds. The van der Waals surface area contributed by atoms with Crippen LogP contribution >= 0.6 is 0 Å². The van der Waals surface area contributed by atoms with E-state index >= 15 is 0 Å². The number of carbonyl (C=O) groups is 1. The number of fused-ring (bicyclic) bond motifs is 1. The van der Waals surface area contributed by atoms with Gasteiger partial charge in [-0.25, -0.2) is 4.79 Å². The molecule has 1 aliphatic heterocycles. The molecule has 0 saturated carbocycles. The molecule has 33 heavy (non-hydrogen) atoms. The van der Waals surface area contributed by atoms with Gasteiger partial charge < -0.3 is 10.1 Å². The Kier molecular flexibility index (Phi) is 7.05. The third kappa shape index (κ3) is 5.77. The maximum Gasteiger partial charge on any atom is 0.328 e. The molecule has 0 bridgehead atoms. The van der Waals surface area contributed by atoms with Gasteiger partial charge in [0.1, 0.15) is 0 Å². The second-order valence-electron chi connectivity index (χ2n) is 8.72. The Labute approximate surface area is 192 Å². The third-order valence-corrected chi connectivity index (χ3v) is 5.88. The Morgan fingerprint density at radius 1 is 1.03 bits per heavy atom. The average Bonchev–Trinajstić information content (AvgIpc) is 2.78. The highest BCUT2D eigenvalue weighted by Crippen LogP contribution is 2.15. The molecule has 0 spiro atoms. The SMILES string of the molecule is CC1CN(Cc2ccc(CNC(=O)CCn3c(=O)[nH]c(=O)c4ccccc43)cc2)CC(C)O1. The first-order valence-corrected chi connectivity index (χ1v) is 11.3. The monoisotopic (exact) mass is 450 g/mol. The van der Waals surface area contributed by atoms with E-state index in [1.54, 1.807) is 24.3 Å². The van der Waals surface area contributed by atoms with E-state index in [-0.39, 0.29) is 31.1 Å². The van der Waals surface area contributed by atoms with Crippen LogP contribution in [0.5, 0.6) is 0 Å². The lowest BCUT2D eigenvalue weighted by atomic mass is 10.1. The lowest BCUT2D eigenvalue weighted by Gasteiger charge is -2.35. The predicted molar refractivity (Wildman–Crippen MR) is 127 cm³/mol. The second kappa shape index (κ2) is 10.1. The fraction of sp³-hybridized carbons (Fsp3) is 0.400. The van der Waals surface area contributed by atoms with E-state index in [1.807, 2.05) is 12.1 Å². The van der Waals surface area contributed by atoms with E-state index in [1.165, 1.54) is 10.1 Å². The van der Waals surface area contributed by atoms with Crippen molar-refractivity contribution in [3.8, 4) is 0 Å². The van der Waals surface area contributed by atoms with Crippen LogP contribution in [0.2, 0.25) is 0 Å². The van der Waals surface area contributed by atoms with E-state index in [4.69, 9.17) is 4.74 Å². The Hall–Kier alpha value is -3.23. The number of rotatable bonds is 7. The fourth-order valence-electron chi connectivity index (χ4n) is 4.40. The molecule has 1 aliphatic rings. The topological polar surface area (TPSA) is 96.4 Å². The van der Waals surface area contributed by atoms with Gasteiger partial charge in [-0.15, -0.1) is 0 Å². The summed E-state index contributed by atoms with van der Waals surface area (Å²) in [7, 11) is 0. The minimum absolute atomic E-state index is 0.140. The molecule has 1 fully saturated rings. The van der Waals surface area contributed by atoms with Crippen LogP contribution in [0.15, 0.2) is 58.1 Å². The molecule has 8 nitrogen and oxygen atoms in total. The summed E-state index contributed by atoms with van der Waals surface area (Å²) in [5, 5.41) is 3.34. The molecule has 1 aromatic heterocycles. The number of ether oxygens (including phenoxy) is 1. The van der Waals surface area contributed by atoms with Crippen molar-refractivity contribution in [2.75, 3.05) is 13.1 Å². The zero-order valence-electron chi connectivity index (χ0n) is 19.0. The minimum atomic E-state index is -0.508. The standard InChI is InChI=1S/C25H30N4O4/c1-17-14-28(15-18(2)33-17)16-20-9-7-19(8-10-20)13-26-23(30)11-12-29-22-6-4-3-5-21(22)24(31)27-25(29)32/h3-10,17-18H,11-16H2,1-2H3,(H,26,30)(H,27,31,32). The van der Waals surface area contributed by atoms with Gasteiger partial charge in [-0.3, -0.25) is 24.0 Å². The molecular weight excluding hydrogens is 420 g/mol. The molecule has 4 rings (SSSR count). The summed E-state index contributed by atoms with van der Waals surface area (Å²) in [6, 6.07) is 15.1. The molecule has 0 aliphatic carbocycles. The Morgan fingerprint density at radius 2 is 1.70 bits per heavy atom. The molecule has 2 N–H and O–H groups in total. The summed E-state index contributed by atoms with van der Waals surface area (Å²) in [5.74, 6) is -0.155. The number of para-hydroxylation sites is 1. The fourth-order valence-corrected chi connectivity index (χ4v) is 4.40. The highest BCUT2D eigenvalue weighted by molar-refractivity contribution is 5.78. The number of benzene rings is 2. The number of nitrogens with zero attached hydrogens (tertiary/aromatic N) is 2. The van der Waals surface area contributed by atoms with Crippen molar-refractivity contribution in [1.82, 2.24) is 19.8 Å². The lowest BCUT2D eigenvalue weighted by molar-refractivity contribution is -0.121. The van der Waals surface area contributed by atoms with Gasteiger partial charge in [0.25, 0.3) is 5.56 Å². The highest BCUT2D eigenvalue weighted by Gasteiger charge is 2.21. The van der Waals surface area contributed by atoms with Crippen LogP contribution < -0.4 is 16.6 Å². The normalized spacial score (nSPS) is 19.0. The van der Waals surface area contributed by atoms with Gasteiger partial charge in [0.2, 0.25) is 5.91 Å². The number of aromatic nitrogens is 2. The van der Waals surface area contributed by atoms with E-state index in [0.29, 0.717) is 17.4 Å². The van der Waals surface area contributed by atoms with Crippen LogP contribution in [0.4, 0.5) is 0 Å². The van der Waals surface area contributed by atoms with Crippen molar-refractivity contribution in [1.29, 1.82) is 0 Å². The molecular formula is C25H30N4O4. The van der Waals surface area contributed by atoms with E-state index in [0.717, 1.165) is 25.2 Å². The molecule has 3 aromatic rings. The molecule has 2 atom stereocenters. The number of morpholine rings is 1. The molecule has 2 heterocycles. The van der Waals surface area contributed by atoms with Crippen LogP contribution in [-0.4, -0.2) is 45.7 Å². The number of aryl methyl sites for hydroxylation is 1. The Balaban J connectivity index is 1.30. The number of aromatic amines is 1. The van der Waals surface area contributed by atoms with E-state index in [2.05, 4.69) is 41.2 Å². The van der Waals surface area contributed by atoms with Gasteiger partial charge in [0.15, 0.2) is 0 Å². The Morgan fingerprint density at radius 3 is 2.42 bits per heavy atom. The maximum absolute atomic E-state index is 12.4. The molecule has 1 saturated heterocycles. The first kappa shape index (κ1) is 22.9. The predicted octanol–water partition coefficient (Wildman–Crippen LogP) is 2.01. The first-order valence-electron chi connectivity index (χ1n) is 11.3. The number of hydrogen-bond acceptors (Lipinski definition) is 5. The van der Waals surface area contributed by atoms with Crippen molar-refractivity contribution < 1.29 is 9.53 Å². The highest BCUT2D eigenvalue weighted by atomic mass is 16.5. The number of carbonyl (C=O) groups excluding carboxylic acids is 1. The zero-order valence-corrected chi connectivity index (χ0v) is 19.0. The van der Waals surface area contributed by atoms with E-state index in [9.17, 15) is 14.4 Å². The summed E-state index contributed by atoms with van der Waals surface area (Å²) in [6.45, 7) is 7.55. The smallest absolute Gasteiger partial charge is 0.328 e. The molecule has 0 radical (unpaired) electrons. The first-order chi connectivity index (χ1) is 15.9. The van der Waals surface area contributed by atoms with Crippen molar-refractivity contribution in [3.63, 3.8) is 0 Å². The molecule has 2 aromatic carbocycles. The minimum Gasteiger partial charge on any atom is -0.373 e. The van der Waals surface area contributed by atoms with Gasteiger partial charge in [-0.05, 0) is 37.1 Å². The molecule has 8 heteroatoms. The average molecular weight is 451 g/mol. The maximum atomic E-state index is 12.4. The van der Waals surface area contributed by atoms with Crippen molar-refractivity contribution in [2.24, 2.45) is 0 Å².